The summed E-state index contributed by atoms with van der Waals surface area (Å²) >= 11 is 6.66. The van der Waals surface area contributed by atoms with Gasteiger partial charge in [-0.3, -0.25) is 0 Å². The van der Waals surface area contributed by atoms with Gasteiger partial charge in [0.2, 0.25) is 0 Å². The lowest BCUT2D eigenvalue weighted by Crippen LogP contribution is -2.15. The third kappa shape index (κ3) is 4.18. The van der Waals surface area contributed by atoms with Crippen molar-refractivity contribution < 1.29 is 9.47 Å². The van der Waals surface area contributed by atoms with Gasteiger partial charge in [0, 0.05) is 11.5 Å². The van der Waals surface area contributed by atoms with E-state index < -0.39 is 0 Å². The zero-order valence-electron chi connectivity index (χ0n) is 10.1. The van der Waals surface area contributed by atoms with Crippen LogP contribution >= 0.6 is 24.0 Å². The highest BCUT2D eigenvalue weighted by atomic mass is 32.2. The fourth-order valence-corrected chi connectivity index (χ4v) is 2.30. The first-order valence-electron chi connectivity index (χ1n) is 5.38. The summed E-state index contributed by atoms with van der Waals surface area (Å²) in [4.78, 5) is 1.40. The molecule has 17 heavy (non-hydrogen) atoms. The average molecular weight is 271 g/mol. The van der Waals surface area contributed by atoms with Crippen molar-refractivity contribution in [3.63, 3.8) is 0 Å². The van der Waals surface area contributed by atoms with Crippen LogP contribution in [0.1, 0.15) is 12.5 Å². The van der Waals surface area contributed by atoms with Crippen LogP contribution < -0.4 is 10.5 Å². The highest BCUT2D eigenvalue weighted by Crippen LogP contribution is 2.28. The Hall–Kier alpha value is -0.780. The molecule has 0 saturated carbocycles. The summed E-state index contributed by atoms with van der Waals surface area (Å²) in [5.74, 6) is 0.726. The number of ether oxygens (including phenoxy) is 2. The molecule has 0 aromatic heterocycles. The summed E-state index contributed by atoms with van der Waals surface area (Å²) in [6, 6.07) is 5.79. The van der Waals surface area contributed by atoms with Crippen molar-refractivity contribution in [2.45, 2.75) is 11.8 Å². The molecule has 0 heterocycles. The average Bonchev–Trinajstić information content (AvgIpc) is 2.33. The molecule has 2 N–H and O–H groups in total. The highest BCUT2D eigenvalue weighted by Gasteiger charge is 2.11. The Morgan fingerprint density at radius 2 is 2.18 bits per heavy atom. The smallest absolute Gasteiger partial charge is 0.130 e. The first-order chi connectivity index (χ1) is 8.20. The number of hydrogen-bond donors (Lipinski definition) is 1. The monoisotopic (exact) mass is 271 g/mol. The van der Waals surface area contributed by atoms with E-state index in [0.717, 1.165) is 16.2 Å². The molecule has 0 atom stereocenters. The maximum Gasteiger partial charge on any atom is 0.130 e. The third-order valence-electron chi connectivity index (χ3n) is 2.14. The van der Waals surface area contributed by atoms with Gasteiger partial charge in [0.1, 0.15) is 17.3 Å². The van der Waals surface area contributed by atoms with Gasteiger partial charge < -0.3 is 15.2 Å². The minimum absolute atomic E-state index is 0.362. The van der Waals surface area contributed by atoms with Crippen molar-refractivity contribution in [3.8, 4) is 5.75 Å². The predicted molar refractivity (Wildman–Crippen MR) is 76.1 cm³/mol. The summed E-state index contributed by atoms with van der Waals surface area (Å²) in [7, 11) is 0. The molecule has 0 saturated heterocycles. The van der Waals surface area contributed by atoms with E-state index in [2.05, 4.69) is 0 Å². The molecule has 0 unspecified atom stereocenters. The van der Waals surface area contributed by atoms with E-state index in [1.54, 1.807) is 11.8 Å². The summed E-state index contributed by atoms with van der Waals surface area (Å²) in [5, 5.41) is 0. The second kappa shape index (κ2) is 7.53. The topological polar surface area (TPSA) is 44.5 Å². The van der Waals surface area contributed by atoms with Gasteiger partial charge >= 0.3 is 0 Å². The van der Waals surface area contributed by atoms with Gasteiger partial charge in [-0.1, -0.05) is 18.3 Å². The Kier molecular flexibility index (Phi) is 6.32. The lowest BCUT2D eigenvalue weighted by Gasteiger charge is -2.13. The molecule has 0 spiro atoms. The molecule has 3 nitrogen and oxygen atoms in total. The Balaban J connectivity index is 2.79. The Morgan fingerprint density at radius 1 is 1.41 bits per heavy atom. The van der Waals surface area contributed by atoms with Crippen LogP contribution in [0.3, 0.4) is 0 Å². The fourth-order valence-electron chi connectivity index (χ4n) is 1.40. The van der Waals surface area contributed by atoms with Crippen molar-refractivity contribution in [1.29, 1.82) is 0 Å². The van der Waals surface area contributed by atoms with Gasteiger partial charge in [0.25, 0.3) is 0 Å². The van der Waals surface area contributed by atoms with Crippen LogP contribution in [-0.4, -0.2) is 31.1 Å². The summed E-state index contributed by atoms with van der Waals surface area (Å²) in [6.45, 7) is 3.71. The van der Waals surface area contributed by atoms with E-state index in [1.165, 1.54) is 0 Å². The van der Waals surface area contributed by atoms with Crippen LogP contribution in [-0.2, 0) is 4.74 Å². The lowest BCUT2D eigenvalue weighted by atomic mass is 10.2. The zero-order valence-corrected chi connectivity index (χ0v) is 11.7. The van der Waals surface area contributed by atoms with Gasteiger partial charge in [0.05, 0.1) is 12.2 Å². The Morgan fingerprint density at radius 3 is 2.76 bits per heavy atom. The standard InChI is InChI=1S/C12H17NO2S2/c1-3-14-7-8-15-9-5-4-6-10(17-2)11(9)12(13)16/h4-6H,3,7-8H2,1-2H3,(H2,13,16). The molecule has 1 aromatic carbocycles. The van der Waals surface area contributed by atoms with Crippen LogP contribution in [0.25, 0.3) is 0 Å². The largest absolute Gasteiger partial charge is 0.490 e. The van der Waals surface area contributed by atoms with Gasteiger partial charge in [0.15, 0.2) is 0 Å². The van der Waals surface area contributed by atoms with E-state index in [0.29, 0.717) is 24.8 Å². The molecule has 0 aliphatic heterocycles. The summed E-state index contributed by atoms with van der Waals surface area (Å²) < 4.78 is 10.9. The Labute approximate surface area is 112 Å². The van der Waals surface area contributed by atoms with Crippen molar-refractivity contribution in [2.24, 2.45) is 5.73 Å². The second-order valence-corrected chi connectivity index (χ2v) is 4.53. The summed E-state index contributed by atoms with van der Waals surface area (Å²) in [6.07, 6.45) is 1.99. The lowest BCUT2D eigenvalue weighted by molar-refractivity contribution is 0.110. The van der Waals surface area contributed by atoms with Crippen LogP contribution in [0, 0.1) is 0 Å². The third-order valence-corrected chi connectivity index (χ3v) is 3.13. The fraction of sp³-hybridized carbons (Fsp3) is 0.417. The van der Waals surface area contributed by atoms with E-state index in [4.69, 9.17) is 27.4 Å². The molecule has 0 amide bonds. The number of nitrogens with two attached hydrogens (primary N) is 1. The van der Waals surface area contributed by atoms with Crippen LogP contribution in [0.2, 0.25) is 0 Å². The maximum absolute atomic E-state index is 5.73. The van der Waals surface area contributed by atoms with Crippen LogP contribution in [0.5, 0.6) is 5.75 Å². The molecule has 5 heteroatoms. The number of hydrogen-bond acceptors (Lipinski definition) is 4. The van der Waals surface area contributed by atoms with Gasteiger partial charge in [-0.05, 0) is 25.3 Å². The number of thioether (sulfide) groups is 1. The molecular weight excluding hydrogens is 254 g/mol. The molecule has 0 aliphatic carbocycles. The van der Waals surface area contributed by atoms with E-state index >= 15 is 0 Å². The van der Waals surface area contributed by atoms with Crippen molar-refractivity contribution >= 4 is 29.0 Å². The minimum Gasteiger partial charge on any atom is -0.490 e. The molecule has 0 aliphatic rings. The van der Waals surface area contributed by atoms with Gasteiger partial charge in [-0.15, -0.1) is 11.8 Å². The molecule has 94 valence electrons. The molecule has 0 radical (unpaired) electrons. The quantitative estimate of drug-likeness (QED) is 0.469. The SMILES string of the molecule is CCOCCOc1cccc(SC)c1C(N)=S. The van der Waals surface area contributed by atoms with E-state index in [1.807, 2.05) is 31.4 Å². The highest BCUT2D eigenvalue weighted by molar-refractivity contribution is 7.98. The maximum atomic E-state index is 5.73. The molecule has 1 aromatic rings. The van der Waals surface area contributed by atoms with Crippen molar-refractivity contribution in [1.82, 2.24) is 0 Å². The minimum atomic E-state index is 0.362. The summed E-state index contributed by atoms with van der Waals surface area (Å²) in [5.41, 5.74) is 6.54. The molecular formula is C12H17NO2S2. The molecule has 0 fully saturated rings. The first-order valence-corrected chi connectivity index (χ1v) is 7.01. The normalized spacial score (nSPS) is 10.2. The first kappa shape index (κ1) is 14.3. The second-order valence-electron chi connectivity index (χ2n) is 3.24. The number of rotatable bonds is 7. The Bertz CT molecular complexity index is 383. The van der Waals surface area contributed by atoms with Gasteiger partial charge in [-0.2, -0.15) is 0 Å². The van der Waals surface area contributed by atoms with E-state index in [9.17, 15) is 0 Å². The van der Waals surface area contributed by atoms with Crippen molar-refractivity contribution in [3.05, 3.63) is 23.8 Å². The number of thiocarbonyl (C=S) groups is 1. The molecule has 1 rings (SSSR count). The molecule has 0 bridgehead atoms. The zero-order chi connectivity index (χ0) is 12.7. The van der Waals surface area contributed by atoms with Crippen LogP contribution in [0.4, 0.5) is 0 Å². The predicted octanol–water partition coefficient (Wildman–Crippen LogP) is 2.46. The van der Waals surface area contributed by atoms with Crippen LogP contribution in [0.15, 0.2) is 23.1 Å². The van der Waals surface area contributed by atoms with Crippen molar-refractivity contribution in [2.75, 3.05) is 26.1 Å². The van der Waals surface area contributed by atoms with E-state index in [-0.39, 0.29) is 0 Å². The number of benzene rings is 1. The van der Waals surface area contributed by atoms with Gasteiger partial charge in [-0.25, -0.2) is 0 Å².